The van der Waals surface area contributed by atoms with Crippen LogP contribution in [0.25, 0.3) is 0 Å². The molecule has 1 saturated carbocycles. The normalized spacial score (nSPS) is 16.1. The molecular formula is C14H17BrN2O. The van der Waals surface area contributed by atoms with Gasteiger partial charge in [0.05, 0.1) is 0 Å². The van der Waals surface area contributed by atoms with Crippen LogP contribution in [-0.2, 0) is 0 Å². The first kappa shape index (κ1) is 13.2. The largest absolute Gasteiger partial charge is 0.347 e. The van der Waals surface area contributed by atoms with Gasteiger partial charge in [-0.2, -0.15) is 0 Å². The highest BCUT2D eigenvalue weighted by Crippen LogP contribution is 2.37. The predicted molar refractivity (Wildman–Crippen MR) is 75.4 cm³/mol. The first-order valence-electron chi connectivity index (χ1n) is 6.27. The van der Waals surface area contributed by atoms with E-state index in [9.17, 15) is 4.79 Å². The molecule has 1 fully saturated rings. The van der Waals surface area contributed by atoms with Gasteiger partial charge in [0.2, 0.25) is 0 Å². The Kier molecular flexibility index (Phi) is 4.13. The van der Waals surface area contributed by atoms with Crippen molar-refractivity contribution >= 4 is 21.8 Å². The van der Waals surface area contributed by atoms with Gasteiger partial charge in [0, 0.05) is 29.2 Å². The summed E-state index contributed by atoms with van der Waals surface area (Å²) >= 11 is 3.43. The lowest BCUT2D eigenvalue weighted by Crippen LogP contribution is -2.35. The van der Waals surface area contributed by atoms with Crippen LogP contribution in [0.15, 0.2) is 16.7 Å². The van der Waals surface area contributed by atoms with Gasteiger partial charge in [-0.3, -0.25) is 4.79 Å². The molecule has 0 aliphatic heterocycles. The van der Waals surface area contributed by atoms with E-state index in [1.807, 2.05) is 19.2 Å². The van der Waals surface area contributed by atoms with E-state index in [1.165, 1.54) is 0 Å². The highest BCUT2D eigenvalue weighted by atomic mass is 79.9. The molecule has 2 rings (SSSR count). The van der Waals surface area contributed by atoms with Gasteiger partial charge in [0.25, 0.3) is 5.91 Å². The number of carbonyl (C=O) groups is 1. The number of amides is 1. The van der Waals surface area contributed by atoms with Gasteiger partial charge in [-0.1, -0.05) is 6.92 Å². The molecule has 0 spiro atoms. The third kappa shape index (κ3) is 2.97. The Balaban J connectivity index is 2.10. The summed E-state index contributed by atoms with van der Waals surface area (Å²) < 4.78 is 3.01. The van der Waals surface area contributed by atoms with Gasteiger partial charge in [-0.05, 0) is 41.3 Å². The van der Waals surface area contributed by atoms with E-state index in [4.69, 9.17) is 6.42 Å². The zero-order valence-corrected chi connectivity index (χ0v) is 12.0. The van der Waals surface area contributed by atoms with E-state index in [1.54, 1.807) is 0 Å². The summed E-state index contributed by atoms with van der Waals surface area (Å²) in [7, 11) is 0. The molecule has 3 nitrogen and oxygen atoms in total. The number of carbonyl (C=O) groups excluding carboxylic acids is 1. The van der Waals surface area contributed by atoms with Crippen molar-refractivity contribution in [3.8, 4) is 12.3 Å². The Bertz CT molecular complexity index is 482. The molecule has 1 aromatic heterocycles. The summed E-state index contributed by atoms with van der Waals surface area (Å²) in [6.07, 6.45) is 11.0. The molecule has 18 heavy (non-hydrogen) atoms. The van der Waals surface area contributed by atoms with Crippen LogP contribution < -0.4 is 5.32 Å². The molecule has 1 unspecified atom stereocenters. The predicted octanol–water partition coefficient (Wildman–Crippen LogP) is 3.12. The summed E-state index contributed by atoms with van der Waals surface area (Å²) in [5.74, 6) is 2.57. The lowest BCUT2D eigenvalue weighted by atomic mass is 10.1. The molecule has 1 amide bonds. The summed E-state index contributed by atoms with van der Waals surface area (Å²) in [6, 6.07) is 2.42. The highest BCUT2D eigenvalue weighted by molar-refractivity contribution is 9.10. The molecule has 1 N–H and O–H groups in total. The Morgan fingerprint density at radius 3 is 3.00 bits per heavy atom. The third-order valence-electron chi connectivity index (χ3n) is 3.18. The molecule has 0 aromatic carbocycles. The van der Waals surface area contributed by atoms with Crippen molar-refractivity contribution in [3.63, 3.8) is 0 Å². The number of rotatable bonds is 5. The second kappa shape index (κ2) is 5.62. The number of halogens is 1. The molecule has 0 bridgehead atoms. The number of terminal acetylenes is 1. The first-order valence-corrected chi connectivity index (χ1v) is 7.06. The van der Waals surface area contributed by atoms with Gasteiger partial charge >= 0.3 is 0 Å². The minimum atomic E-state index is -0.0327. The van der Waals surface area contributed by atoms with Gasteiger partial charge in [0.1, 0.15) is 5.69 Å². The molecular weight excluding hydrogens is 292 g/mol. The second-order valence-electron chi connectivity index (χ2n) is 4.67. The average Bonchev–Trinajstić information content (AvgIpc) is 3.11. The first-order chi connectivity index (χ1) is 8.65. The maximum atomic E-state index is 12.2. The molecule has 4 heteroatoms. The van der Waals surface area contributed by atoms with Crippen LogP contribution in [0.2, 0.25) is 0 Å². The van der Waals surface area contributed by atoms with E-state index < -0.39 is 0 Å². The standard InChI is InChI=1S/C14H17BrN2O/c1-3-5-11(4-2)16-14(18)13-8-10(15)9-17(13)12-6-7-12/h1,8-9,11-12H,4-7H2,2H3,(H,16,18). The number of hydrogen-bond donors (Lipinski definition) is 1. The smallest absolute Gasteiger partial charge is 0.268 e. The minimum Gasteiger partial charge on any atom is -0.347 e. The summed E-state index contributed by atoms with van der Waals surface area (Å²) in [4.78, 5) is 12.2. The Morgan fingerprint density at radius 2 is 2.44 bits per heavy atom. The summed E-state index contributed by atoms with van der Waals surface area (Å²) in [5.41, 5.74) is 0.722. The van der Waals surface area contributed by atoms with Crippen LogP contribution in [0, 0.1) is 12.3 Å². The summed E-state index contributed by atoms with van der Waals surface area (Å²) in [5, 5.41) is 3.00. The lowest BCUT2D eigenvalue weighted by molar-refractivity contribution is 0.0927. The van der Waals surface area contributed by atoms with Crippen molar-refractivity contribution in [3.05, 3.63) is 22.4 Å². The molecule has 96 valence electrons. The number of nitrogens with one attached hydrogen (secondary N) is 1. The topological polar surface area (TPSA) is 34.0 Å². The summed E-state index contributed by atoms with van der Waals surface area (Å²) in [6.45, 7) is 2.03. The number of nitrogens with zero attached hydrogens (tertiary/aromatic N) is 1. The van der Waals surface area contributed by atoms with Crippen LogP contribution in [0.1, 0.15) is 49.1 Å². The maximum Gasteiger partial charge on any atom is 0.268 e. The molecule has 1 aliphatic carbocycles. The molecule has 1 heterocycles. The number of aromatic nitrogens is 1. The van der Waals surface area contributed by atoms with Crippen molar-refractivity contribution in [2.45, 2.75) is 44.7 Å². The minimum absolute atomic E-state index is 0.0327. The SMILES string of the molecule is C#CCC(CC)NC(=O)c1cc(Br)cn1C1CC1. The third-order valence-corrected chi connectivity index (χ3v) is 3.61. The second-order valence-corrected chi connectivity index (χ2v) is 5.58. The highest BCUT2D eigenvalue weighted by Gasteiger charge is 2.28. The van der Waals surface area contributed by atoms with Crippen molar-refractivity contribution in [1.82, 2.24) is 9.88 Å². The van der Waals surface area contributed by atoms with E-state index in [0.29, 0.717) is 12.5 Å². The maximum absolute atomic E-state index is 12.2. The van der Waals surface area contributed by atoms with Crippen LogP contribution in [-0.4, -0.2) is 16.5 Å². The molecule has 1 aromatic rings. The van der Waals surface area contributed by atoms with Crippen molar-refractivity contribution in [1.29, 1.82) is 0 Å². The van der Waals surface area contributed by atoms with Gasteiger partial charge < -0.3 is 9.88 Å². The van der Waals surface area contributed by atoms with Gasteiger partial charge in [0.15, 0.2) is 0 Å². The Morgan fingerprint density at radius 1 is 1.72 bits per heavy atom. The van der Waals surface area contributed by atoms with Gasteiger partial charge in [-0.15, -0.1) is 12.3 Å². The van der Waals surface area contributed by atoms with E-state index >= 15 is 0 Å². The van der Waals surface area contributed by atoms with Crippen molar-refractivity contribution in [2.75, 3.05) is 0 Å². The van der Waals surface area contributed by atoms with Gasteiger partial charge in [-0.25, -0.2) is 0 Å². The molecule has 0 radical (unpaired) electrons. The van der Waals surface area contributed by atoms with E-state index in [2.05, 4.69) is 31.7 Å². The fourth-order valence-corrected chi connectivity index (χ4v) is 2.42. The van der Waals surface area contributed by atoms with Crippen LogP contribution >= 0.6 is 15.9 Å². The monoisotopic (exact) mass is 308 g/mol. The van der Waals surface area contributed by atoms with Crippen LogP contribution in [0.4, 0.5) is 0 Å². The fraction of sp³-hybridized carbons (Fsp3) is 0.500. The Hall–Kier alpha value is -1.21. The number of hydrogen-bond acceptors (Lipinski definition) is 1. The quantitative estimate of drug-likeness (QED) is 0.833. The Labute approximate surface area is 116 Å². The lowest BCUT2D eigenvalue weighted by Gasteiger charge is -2.15. The zero-order chi connectivity index (χ0) is 13.1. The van der Waals surface area contributed by atoms with Crippen molar-refractivity contribution in [2.24, 2.45) is 0 Å². The van der Waals surface area contributed by atoms with Crippen molar-refractivity contribution < 1.29 is 4.79 Å². The van der Waals surface area contributed by atoms with Crippen LogP contribution in [0.5, 0.6) is 0 Å². The zero-order valence-electron chi connectivity index (χ0n) is 10.4. The van der Waals surface area contributed by atoms with E-state index in [-0.39, 0.29) is 11.9 Å². The molecule has 1 aliphatic rings. The average molecular weight is 309 g/mol. The molecule has 0 saturated heterocycles. The van der Waals surface area contributed by atoms with E-state index in [0.717, 1.165) is 29.4 Å². The molecule has 1 atom stereocenters. The fourth-order valence-electron chi connectivity index (χ4n) is 1.98. The van der Waals surface area contributed by atoms with Crippen LogP contribution in [0.3, 0.4) is 0 Å².